The Hall–Kier alpha value is -2.02. The van der Waals surface area contributed by atoms with Crippen LogP contribution in [0.15, 0.2) is 18.3 Å². The second kappa shape index (κ2) is 8.38. The molecule has 25 heavy (non-hydrogen) atoms. The molecule has 2 heterocycles. The lowest BCUT2D eigenvalue weighted by atomic mass is 9.99. The number of hydrogen-bond donors (Lipinski definition) is 6. The number of carboxylic acids is 1. The Kier molecular flexibility index (Phi) is 6.47. The van der Waals surface area contributed by atoms with Crippen molar-refractivity contribution < 1.29 is 49.3 Å². The number of carboxylic acid groups (broad SMARTS) is 1. The van der Waals surface area contributed by atoms with E-state index in [2.05, 4.69) is 4.98 Å². The first-order valence-corrected chi connectivity index (χ1v) is 7.34. The van der Waals surface area contributed by atoms with E-state index in [9.17, 15) is 30.0 Å². The highest BCUT2D eigenvalue weighted by Gasteiger charge is 2.47. The van der Waals surface area contributed by atoms with E-state index in [4.69, 9.17) is 19.3 Å². The molecule has 0 bridgehead atoms. The summed E-state index contributed by atoms with van der Waals surface area (Å²) in [5, 5.41) is 47.5. The average Bonchev–Trinajstić information content (AvgIpc) is 3.11. The van der Waals surface area contributed by atoms with Gasteiger partial charge in [0.1, 0.15) is 36.7 Å². The van der Waals surface area contributed by atoms with Gasteiger partial charge in [0.2, 0.25) is 0 Å². The first-order chi connectivity index (χ1) is 11.8. The summed E-state index contributed by atoms with van der Waals surface area (Å²) >= 11 is 0. The molecule has 1 aliphatic rings. The first-order valence-electron chi connectivity index (χ1n) is 7.34. The maximum atomic E-state index is 11.6. The zero-order chi connectivity index (χ0) is 18.6. The number of nitrogens with one attached hydrogen (secondary N) is 1. The molecule has 11 heteroatoms. The zero-order valence-electron chi connectivity index (χ0n) is 12.9. The minimum absolute atomic E-state index is 0.195. The number of hydrogen-bond acceptors (Lipinski definition) is 9. The zero-order valence-corrected chi connectivity index (χ0v) is 12.9. The van der Waals surface area contributed by atoms with Crippen LogP contribution in [0.5, 0.6) is 0 Å². The summed E-state index contributed by atoms with van der Waals surface area (Å²) < 4.78 is 14.7. The van der Waals surface area contributed by atoms with Crippen molar-refractivity contribution in [1.29, 1.82) is 0 Å². The molecule has 0 spiro atoms. The summed E-state index contributed by atoms with van der Waals surface area (Å²) in [5.41, 5.74) is 0.195. The van der Waals surface area contributed by atoms with Gasteiger partial charge >= 0.3 is 11.9 Å². The van der Waals surface area contributed by atoms with E-state index in [1.165, 1.54) is 12.3 Å². The lowest BCUT2D eigenvalue weighted by Crippen LogP contribution is -2.60. The summed E-state index contributed by atoms with van der Waals surface area (Å²) in [7, 11) is 0. The summed E-state index contributed by atoms with van der Waals surface area (Å²) in [5.74, 6) is -2.24. The average molecular weight is 361 g/mol. The van der Waals surface area contributed by atoms with Gasteiger partial charge in [0.05, 0.1) is 6.61 Å². The molecule has 0 aliphatic carbocycles. The number of aliphatic carboxylic acids is 1. The summed E-state index contributed by atoms with van der Waals surface area (Å²) in [6, 6.07) is 3.08. The molecule has 0 saturated carbocycles. The van der Waals surface area contributed by atoms with Crippen LogP contribution in [0.3, 0.4) is 0 Å². The molecule has 11 nitrogen and oxygen atoms in total. The van der Waals surface area contributed by atoms with Gasteiger partial charge in [-0.2, -0.15) is 0 Å². The monoisotopic (exact) mass is 361 g/mol. The van der Waals surface area contributed by atoms with Crippen molar-refractivity contribution in [2.75, 3.05) is 13.2 Å². The molecule has 0 unspecified atom stereocenters. The van der Waals surface area contributed by atoms with Crippen LogP contribution >= 0.6 is 0 Å². The molecule has 1 aromatic rings. The van der Waals surface area contributed by atoms with Crippen LogP contribution < -0.4 is 0 Å². The van der Waals surface area contributed by atoms with Gasteiger partial charge in [-0.05, 0) is 12.1 Å². The van der Waals surface area contributed by atoms with Crippen LogP contribution in [-0.2, 0) is 19.0 Å². The van der Waals surface area contributed by atoms with Crippen molar-refractivity contribution in [3.05, 3.63) is 24.0 Å². The van der Waals surface area contributed by atoms with E-state index in [1.807, 2.05) is 0 Å². The molecule has 6 N–H and O–H groups in total. The Morgan fingerprint density at radius 1 is 1.20 bits per heavy atom. The highest BCUT2D eigenvalue weighted by atomic mass is 16.7. The highest BCUT2D eigenvalue weighted by Crippen LogP contribution is 2.22. The van der Waals surface area contributed by atoms with Crippen LogP contribution in [0.25, 0.3) is 0 Å². The number of ether oxygens (including phenoxy) is 3. The first kappa shape index (κ1) is 19.3. The van der Waals surface area contributed by atoms with Crippen LogP contribution in [0, 0.1) is 0 Å². The van der Waals surface area contributed by atoms with Crippen molar-refractivity contribution in [3.63, 3.8) is 0 Å². The largest absolute Gasteiger partial charge is 0.479 e. The van der Waals surface area contributed by atoms with Gasteiger partial charge in [0.25, 0.3) is 0 Å². The highest BCUT2D eigenvalue weighted by molar-refractivity contribution is 5.87. The molecule has 1 fully saturated rings. The summed E-state index contributed by atoms with van der Waals surface area (Å²) in [6.45, 7) is -0.900. The quantitative estimate of drug-likeness (QED) is 0.283. The van der Waals surface area contributed by atoms with Crippen molar-refractivity contribution >= 4 is 11.9 Å². The number of rotatable bonds is 7. The standard InChI is InChI=1S/C14H19NO10/c16-6(4-23-13(22)7-2-1-3-15-7)5-24-14-10(19)8(17)9(18)11(25-14)12(20)21/h1-3,6,8-11,14-19H,4-5H2,(H,20,21)/t6-,8+,9+,10-,11+,14-/m0/s1. The normalized spacial score (nSPS) is 30.6. The maximum absolute atomic E-state index is 11.6. The number of aromatic nitrogens is 1. The van der Waals surface area contributed by atoms with Gasteiger partial charge in [-0.1, -0.05) is 0 Å². The number of aromatic amines is 1. The molecule has 0 amide bonds. The van der Waals surface area contributed by atoms with E-state index in [1.54, 1.807) is 6.07 Å². The Balaban J connectivity index is 1.80. The molecular weight excluding hydrogens is 342 g/mol. The van der Waals surface area contributed by atoms with E-state index < -0.39 is 62.0 Å². The molecule has 140 valence electrons. The topological polar surface area (TPSA) is 179 Å². The van der Waals surface area contributed by atoms with Crippen molar-refractivity contribution in [3.8, 4) is 0 Å². The molecule has 2 rings (SSSR count). The van der Waals surface area contributed by atoms with Crippen LogP contribution in [0.4, 0.5) is 0 Å². The molecule has 1 saturated heterocycles. The van der Waals surface area contributed by atoms with Crippen LogP contribution in [-0.4, -0.2) is 92.5 Å². The number of H-pyrrole nitrogens is 1. The Morgan fingerprint density at radius 3 is 2.52 bits per heavy atom. The number of carbonyl (C=O) groups excluding carboxylic acids is 1. The summed E-state index contributed by atoms with van der Waals surface area (Å²) in [4.78, 5) is 25.1. The SMILES string of the molecule is O=C(OC[C@H](O)CO[C@H]1O[C@@H](C(=O)O)[C@H](O)[C@@H](O)[C@@H]1O)c1ccc[nH]1. The van der Waals surface area contributed by atoms with Gasteiger partial charge in [-0.3, -0.25) is 0 Å². The smallest absolute Gasteiger partial charge is 0.354 e. The van der Waals surface area contributed by atoms with Gasteiger partial charge < -0.3 is 44.7 Å². The fourth-order valence-corrected chi connectivity index (χ4v) is 2.15. The second-order valence-corrected chi connectivity index (χ2v) is 5.40. The van der Waals surface area contributed by atoms with Crippen LogP contribution in [0.2, 0.25) is 0 Å². The van der Waals surface area contributed by atoms with Crippen LogP contribution in [0.1, 0.15) is 10.5 Å². The Labute approximate surface area is 141 Å². The molecule has 0 radical (unpaired) electrons. The molecule has 1 aromatic heterocycles. The summed E-state index contributed by atoms with van der Waals surface area (Å²) in [6.07, 6.45) is -8.52. The van der Waals surface area contributed by atoms with Gasteiger partial charge in [0.15, 0.2) is 12.4 Å². The molecule has 6 atom stereocenters. The van der Waals surface area contributed by atoms with Crippen molar-refractivity contribution in [2.45, 2.75) is 36.8 Å². The number of aliphatic hydroxyl groups excluding tert-OH is 4. The predicted molar refractivity (Wildman–Crippen MR) is 77.4 cm³/mol. The lowest BCUT2D eigenvalue weighted by Gasteiger charge is -2.38. The lowest BCUT2D eigenvalue weighted by molar-refractivity contribution is -0.297. The minimum atomic E-state index is -1.83. The van der Waals surface area contributed by atoms with Gasteiger partial charge in [0, 0.05) is 6.20 Å². The van der Waals surface area contributed by atoms with E-state index in [-0.39, 0.29) is 5.69 Å². The number of esters is 1. The minimum Gasteiger partial charge on any atom is -0.479 e. The Morgan fingerprint density at radius 2 is 1.92 bits per heavy atom. The Bertz CT molecular complexity index is 576. The van der Waals surface area contributed by atoms with Crippen molar-refractivity contribution in [1.82, 2.24) is 4.98 Å². The maximum Gasteiger partial charge on any atom is 0.354 e. The fraction of sp³-hybridized carbons (Fsp3) is 0.571. The molecule has 1 aliphatic heterocycles. The number of aliphatic hydroxyl groups is 4. The van der Waals surface area contributed by atoms with Gasteiger partial charge in [-0.15, -0.1) is 0 Å². The number of carbonyl (C=O) groups is 2. The van der Waals surface area contributed by atoms with E-state index >= 15 is 0 Å². The third-order valence-electron chi connectivity index (χ3n) is 3.49. The predicted octanol–water partition coefficient (Wildman–Crippen LogP) is -2.56. The van der Waals surface area contributed by atoms with Crippen molar-refractivity contribution in [2.24, 2.45) is 0 Å². The third kappa shape index (κ3) is 4.75. The molecular formula is C14H19NO10. The van der Waals surface area contributed by atoms with E-state index in [0.29, 0.717) is 0 Å². The third-order valence-corrected chi connectivity index (χ3v) is 3.49. The molecule has 0 aromatic carbocycles. The second-order valence-electron chi connectivity index (χ2n) is 5.40. The van der Waals surface area contributed by atoms with Gasteiger partial charge in [-0.25, -0.2) is 9.59 Å². The fourth-order valence-electron chi connectivity index (χ4n) is 2.15. The van der Waals surface area contributed by atoms with E-state index in [0.717, 1.165) is 0 Å².